The maximum Gasteiger partial charge on any atom is 0.263 e. The smallest absolute Gasteiger partial charge is 0.263 e. The quantitative estimate of drug-likeness (QED) is 0.787. The Labute approximate surface area is 94.7 Å². The Balaban J connectivity index is 2.31. The second kappa shape index (κ2) is 4.75. The van der Waals surface area contributed by atoms with Crippen molar-refractivity contribution in [1.29, 1.82) is 0 Å². The van der Waals surface area contributed by atoms with Crippen LogP contribution in [0.2, 0.25) is 0 Å². The van der Waals surface area contributed by atoms with E-state index < -0.39 is 0 Å². The Hall–Kier alpha value is -1.90. The Kier molecular flexibility index (Phi) is 3.15. The number of nitrogens with zero attached hydrogens (tertiary/aromatic N) is 2. The Bertz CT molecular complexity index is 474. The number of benzene rings is 1. The highest BCUT2D eigenvalue weighted by molar-refractivity contribution is 5.96. The SMILES string of the molecule is CCCc1cncn1C(=O)c1ccccc1. The van der Waals surface area contributed by atoms with Crippen LogP contribution in [0.5, 0.6) is 0 Å². The lowest BCUT2D eigenvalue weighted by Gasteiger charge is -2.05. The van der Waals surface area contributed by atoms with E-state index in [-0.39, 0.29) is 5.91 Å². The lowest BCUT2D eigenvalue weighted by Crippen LogP contribution is -2.13. The molecule has 1 aromatic heterocycles. The molecule has 2 rings (SSSR count). The first-order valence-corrected chi connectivity index (χ1v) is 5.44. The molecule has 0 fully saturated rings. The second-order valence-corrected chi connectivity index (χ2v) is 3.68. The number of rotatable bonds is 3. The van der Waals surface area contributed by atoms with E-state index in [0.29, 0.717) is 5.56 Å². The van der Waals surface area contributed by atoms with Gasteiger partial charge < -0.3 is 0 Å². The molecular formula is C13H14N2O. The van der Waals surface area contributed by atoms with Crippen molar-refractivity contribution in [1.82, 2.24) is 9.55 Å². The lowest BCUT2D eigenvalue weighted by atomic mass is 10.2. The summed E-state index contributed by atoms with van der Waals surface area (Å²) >= 11 is 0. The van der Waals surface area contributed by atoms with Gasteiger partial charge >= 0.3 is 0 Å². The van der Waals surface area contributed by atoms with E-state index >= 15 is 0 Å². The van der Waals surface area contributed by atoms with Crippen LogP contribution in [0.15, 0.2) is 42.9 Å². The van der Waals surface area contributed by atoms with Crippen LogP contribution in [-0.4, -0.2) is 15.5 Å². The van der Waals surface area contributed by atoms with Gasteiger partial charge in [0.15, 0.2) is 0 Å². The minimum atomic E-state index is -0.0125. The van der Waals surface area contributed by atoms with Crippen LogP contribution in [0.4, 0.5) is 0 Å². The van der Waals surface area contributed by atoms with Crippen LogP contribution in [0, 0.1) is 0 Å². The number of carbonyl (C=O) groups is 1. The number of hydrogen-bond acceptors (Lipinski definition) is 2. The average Bonchev–Trinajstić information content (AvgIpc) is 2.78. The van der Waals surface area contributed by atoms with E-state index in [1.165, 1.54) is 0 Å². The van der Waals surface area contributed by atoms with E-state index in [4.69, 9.17) is 0 Å². The van der Waals surface area contributed by atoms with Gasteiger partial charge in [0.2, 0.25) is 0 Å². The molecule has 0 unspecified atom stereocenters. The summed E-state index contributed by atoms with van der Waals surface area (Å²) in [5.74, 6) is -0.0125. The number of aryl methyl sites for hydroxylation is 1. The lowest BCUT2D eigenvalue weighted by molar-refractivity contribution is 0.0957. The normalized spacial score (nSPS) is 10.3. The predicted molar refractivity (Wildman–Crippen MR) is 62.4 cm³/mol. The highest BCUT2D eigenvalue weighted by atomic mass is 16.2. The van der Waals surface area contributed by atoms with Crippen molar-refractivity contribution in [2.45, 2.75) is 19.8 Å². The zero-order valence-corrected chi connectivity index (χ0v) is 9.26. The standard InChI is InChI=1S/C13H14N2O/c1-2-6-12-9-14-10-15(12)13(16)11-7-4-3-5-8-11/h3-5,7-10H,2,6H2,1H3. The summed E-state index contributed by atoms with van der Waals surface area (Å²) in [6.45, 7) is 2.09. The van der Waals surface area contributed by atoms with E-state index in [1.54, 1.807) is 17.1 Å². The van der Waals surface area contributed by atoms with Crippen molar-refractivity contribution in [3.05, 3.63) is 54.1 Å². The molecule has 0 aliphatic heterocycles. The highest BCUT2D eigenvalue weighted by Crippen LogP contribution is 2.08. The summed E-state index contributed by atoms with van der Waals surface area (Å²) in [6, 6.07) is 9.26. The van der Waals surface area contributed by atoms with Crippen molar-refractivity contribution in [2.24, 2.45) is 0 Å². The van der Waals surface area contributed by atoms with Crippen molar-refractivity contribution < 1.29 is 4.79 Å². The van der Waals surface area contributed by atoms with E-state index in [0.717, 1.165) is 18.5 Å². The Morgan fingerprint density at radius 3 is 2.75 bits per heavy atom. The van der Waals surface area contributed by atoms with Gasteiger partial charge in [0.25, 0.3) is 5.91 Å². The highest BCUT2D eigenvalue weighted by Gasteiger charge is 2.11. The van der Waals surface area contributed by atoms with Gasteiger partial charge in [0.05, 0.1) is 0 Å². The third-order valence-corrected chi connectivity index (χ3v) is 2.46. The molecule has 0 N–H and O–H groups in total. The summed E-state index contributed by atoms with van der Waals surface area (Å²) in [4.78, 5) is 16.2. The van der Waals surface area contributed by atoms with Gasteiger partial charge in [-0.15, -0.1) is 0 Å². The monoisotopic (exact) mass is 214 g/mol. The van der Waals surface area contributed by atoms with Gasteiger partial charge in [-0.2, -0.15) is 0 Å². The molecule has 2 aromatic rings. The molecule has 3 nitrogen and oxygen atoms in total. The van der Waals surface area contributed by atoms with Crippen molar-refractivity contribution in [2.75, 3.05) is 0 Å². The third-order valence-electron chi connectivity index (χ3n) is 2.46. The molecule has 16 heavy (non-hydrogen) atoms. The van der Waals surface area contributed by atoms with E-state index in [9.17, 15) is 4.79 Å². The van der Waals surface area contributed by atoms with Gasteiger partial charge in [-0.25, -0.2) is 4.98 Å². The van der Waals surface area contributed by atoms with E-state index in [2.05, 4.69) is 11.9 Å². The zero-order chi connectivity index (χ0) is 11.4. The number of carbonyl (C=O) groups excluding carboxylic acids is 1. The maximum absolute atomic E-state index is 12.1. The minimum absolute atomic E-state index is 0.0125. The first-order chi connectivity index (χ1) is 7.83. The number of aromatic nitrogens is 2. The molecule has 82 valence electrons. The Morgan fingerprint density at radius 1 is 1.31 bits per heavy atom. The van der Waals surface area contributed by atoms with Gasteiger partial charge in [-0.3, -0.25) is 9.36 Å². The largest absolute Gasteiger partial charge is 0.269 e. The topological polar surface area (TPSA) is 34.9 Å². The molecule has 1 aromatic carbocycles. The van der Waals surface area contributed by atoms with Crippen LogP contribution in [0.3, 0.4) is 0 Å². The van der Waals surface area contributed by atoms with Gasteiger partial charge in [-0.05, 0) is 18.6 Å². The van der Waals surface area contributed by atoms with Crippen LogP contribution in [0.1, 0.15) is 29.4 Å². The molecule has 0 spiro atoms. The molecule has 0 radical (unpaired) electrons. The summed E-state index contributed by atoms with van der Waals surface area (Å²) in [5, 5.41) is 0. The fourth-order valence-corrected chi connectivity index (χ4v) is 1.67. The van der Waals surface area contributed by atoms with Crippen LogP contribution in [-0.2, 0) is 6.42 Å². The molecule has 0 saturated heterocycles. The first-order valence-electron chi connectivity index (χ1n) is 5.44. The first kappa shape index (κ1) is 10.6. The van der Waals surface area contributed by atoms with Crippen LogP contribution in [0.25, 0.3) is 0 Å². The summed E-state index contributed by atoms with van der Waals surface area (Å²) in [6.07, 6.45) is 5.22. The molecule has 0 aliphatic rings. The third kappa shape index (κ3) is 2.03. The van der Waals surface area contributed by atoms with Crippen LogP contribution >= 0.6 is 0 Å². The summed E-state index contributed by atoms with van der Waals surface area (Å²) in [5.41, 5.74) is 1.66. The molecular weight excluding hydrogens is 200 g/mol. The molecule has 0 aliphatic carbocycles. The average molecular weight is 214 g/mol. The number of imidazole rings is 1. The molecule has 0 amide bonds. The van der Waals surface area contributed by atoms with Crippen molar-refractivity contribution >= 4 is 5.91 Å². The number of hydrogen-bond donors (Lipinski definition) is 0. The molecule has 0 atom stereocenters. The Morgan fingerprint density at radius 2 is 2.06 bits per heavy atom. The summed E-state index contributed by atoms with van der Waals surface area (Å²) in [7, 11) is 0. The minimum Gasteiger partial charge on any atom is -0.269 e. The van der Waals surface area contributed by atoms with Gasteiger partial charge in [0, 0.05) is 17.5 Å². The van der Waals surface area contributed by atoms with Crippen LogP contribution < -0.4 is 0 Å². The predicted octanol–water partition coefficient (Wildman–Crippen LogP) is 2.52. The van der Waals surface area contributed by atoms with Gasteiger partial charge in [0.1, 0.15) is 6.33 Å². The molecule has 0 bridgehead atoms. The zero-order valence-electron chi connectivity index (χ0n) is 9.26. The summed E-state index contributed by atoms with van der Waals surface area (Å²) < 4.78 is 1.62. The fourth-order valence-electron chi connectivity index (χ4n) is 1.67. The maximum atomic E-state index is 12.1. The van der Waals surface area contributed by atoms with Crippen molar-refractivity contribution in [3.63, 3.8) is 0 Å². The fraction of sp³-hybridized carbons (Fsp3) is 0.231. The molecule has 0 saturated carbocycles. The van der Waals surface area contributed by atoms with E-state index in [1.807, 2.05) is 30.3 Å². The van der Waals surface area contributed by atoms with Crippen molar-refractivity contribution in [3.8, 4) is 0 Å². The molecule has 1 heterocycles. The second-order valence-electron chi connectivity index (χ2n) is 3.68. The molecule has 3 heteroatoms. The van der Waals surface area contributed by atoms with Gasteiger partial charge in [-0.1, -0.05) is 31.5 Å².